The molecule has 1 rings (SSSR count). The van der Waals surface area contributed by atoms with E-state index in [0.717, 1.165) is 10.9 Å². The largest absolute Gasteiger partial charge is 0.370 e. The number of unbranched alkanes of at least 4 members (excludes halogenated alkanes) is 1. The maximum absolute atomic E-state index is 11.8. The van der Waals surface area contributed by atoms with Crippen LogP contribution in [0.2, 0.25) is 0 Å². The lowest BCUT2D eigenvalue weighted by atomic mass is 10.2. The summed E-state index contributed by atoms with van der Waals surface area (Å²) in [6.45, 7) is 0.523. The number of carbonyl (C=O) groups excluding carboxylic acids is 2. The average molecular weight is 331 g/mol. The summed E-state index contributed by atoms with van der Waals surface area (Å²) in [5.41, 5.74) is 5.56. The van der Waals surface area contributed by atoms with Crippen LogP contribution in [-0.2, 0) is 4.79 Å². The van der Waals surface area contributed by atoms with Gasteiger partial charge in [-0.3, -0.25) is 9.59 Å². The molecule has 0 atom stereocenters. The van der Waals surface area contributed by atoms with Crippen LogP contribution in [0.15, 0.2) is 27.6 Å². The third-order valence-electron chi connectivity index (χ3n) is 2.34. The molecule has 0 heterocycles. The van der Waals surface area contributed by atoms with Crippen molar-refractivity contribution in [3.05, 3.63) is 28.2 Å². The van der Waals surface area contributed by atoms with Crippen LogP contribution in [0.25, 0.3) is 0 Å². The Labute approximate surface area is 120 Å². The highest BCUT2D eigenvalue weighted by molar-refractivity contribution is 9.10. The van der Waals surface area contributed by atoms with Gasteiger partial charge >= 0.3 is 0 Å². The zero-order valence-corrected chi connectivity index (χ0v) is 12.3. The van der Waals surface area contributed by atoms with Gasteiger partial charge in [0.25, 0.3) is 5.91 Å². The van der Waals surface area contributed by atoms with Crippen molar-refractivity contribution in [1.29, 1.82) is 0 Å². The molecule has 0 bridgehead atoms. The Balaban J connectivity index is 2.39. The third-order valence-corrected chi connectivity index (χ3v) is 3.20. The number of primary amides is 1. The first-order valence-corrected chi connectivity index (χ1v) is 6.79. The van der Waals surface area contributed by atoms with E-state index in [2.05, 4.69) is 33.9 Å². The molecule has 0 radical (unpaired) electrons. The number of thiol groups is 1. The Kier molecular flexibility index (Phi) is 6.21. The maximum atomic E-state index is 11.8. The molecule has 3 N–H and O–H groups in total. The molecule has 0 aliphatic heterocycles. The molecule has 1 aromatic rings. The monoisotopic (exact) mass is 330 g/mol. The van der Waals surface area contributed by atoms with Gasteiger partial charge in [-0.1, -0.05) is 15.9 Å². The quantitative estimate of drug-likeness (QED) is 0.552. The molecule has 0 fully saturated rings. The summed E-state index contributed by atoms with van der Waals surface area (Å²) in [4.78, 5) is 22.9. The van der Waals surface area contributed by atoms with Crippen molar-refractivity contribution < 1.29 is 9.59 Å². The van der Waals surface area contributed by atoms with Crippen molar-refractivity contribution in [2.24, 2.45) is 5.73 Å². The highest BCUT2D eigenvalue weighted by Gasteiger charge is 2.08. The number of halogens is 1. The number of amides is 2. The summed E-state index contributed by atoms with van der Waals surface area (Å²) >= 11 is 7.55. The van der Waals surface area contributed by atoms with Gasteiger partial charge in [-0.05, 0) is 31.0 Å². The van der Waals surface area contributed by atoms with Crippen LogP contribution in [0.3, 0.4) is 0 Å². The predicted octanol–water partition coefficient (Wildman–Crippen LogP) is 2.12. The fourth-order valence-electron chi connectivity index (χ4n) is 1.42. The number of rotatable bonds is 6. The minimum Gasteiger partial charge on any atom is -0.370 e. The van der Waals surface area contributed by atoms with Crippen LogP contribution >= 0.6 is 28.6 Å². The Hall–Kier alpha value is -1.01. The first-order valence-electron chi connectivity index (χ1n) is 5.55. The second kappa shape index (κ2) is 7.43. The van der Waals surface area contributed by atoms with Crippen molar-refractivity contribution in [2.75, 3.05) is 6.54 Å². The molecule has 0 saturated carbocycles. The summed E-state index contributed by atoms with van der Waals surface area (Å²) in [6, 6.07) is 5.28. The molecule has 0 aliphatic rings. The van der Waals surface area contributed by atoms with Gasteiger partial charge in [-0.25, -0.2) is 0 Å². The molecule has 98 valence electrons. The Morgan fingerprint density at radius 3 is 2.67 bits per heavy atom. The van der Waals surface area contributed by atoms with Crippen LogP contribution in [0.4, 0.5) is 0 Å². The number of nitrogens with two attached hydrogens (primary N) is 1. The van der Waals surface area contributed by atoms with Gasteiger partial charge in [-0.2, -0.15) is 0 Å². The number of hydrogen-bond donors (Lipinski definition) is 3. The lowest BCUT2D eigenvalue weighted by molar-refractivity contribution is -0.118. The van der Waals surface area contributed by atoms with E-state index in [4.69, 9.17) is 5.73 Å². The Morgan fingerprint density at radius 2 is 2.06 bits per heavy atom. The van der Waals surface area contributed by atoms with Crippen LogP contribution in [0, 0.1) is 0 Å². The highest BCUT2D eigenvalue weighted by atomic mass is 79.9. The van der Waals surface area contributed by atoms with Crippen molar-refractivity contribution in [3.8, 4) is 0 Å². The molecular formula is C12H15BrN2O2S. The number of hydrogen-bond acceptors (Lipinski definition) is 3. The minimum atomic E-state index is -0.313. The average Bonchev–Trinajstić information content (AvgIpc) is 2.27. The van der Waals surface area contributed by atoms with E-state index >= 15 is 0 Å². The molecule has 0 unspecified atom stereocenters. The first-order chi connectivity index (χ1) is 8.50. The van der Waals surface area contributed by atoms with Crippen molar-refractivity contribution >= 4 is 40.4 Å². The standard InChI is InChI=1S/C12H15BrN2O2S/c13-8-4-5-9(10(18)7-8)12(17)15-6-2-1-3-11(14)16/h4-5,7,18H,1-3,6H2,(H2,14,16)(H,15,17). The number of benzene rings is 1. The Morgan fingerprint density at radius 1 is 1.33 bits per heavy atom. The van der Waals surface area contributed by atoms with Gasteiger partial charge < -0.3 is 11.1 Å². The van der Waals surface area contributed by atoms with Crippen molar-refractivity contribution in [3.63, 3.8) is 0 Å². The first kappa shape index (κ1) is 15.0. The molecule has 4 nitrogen and oxygen atoms in total. The van der Waals surface area contributed by atoms with Gasteiger partial charge in [0.15, 0.2) is 0 Å². The fourth-order valence-corrected chi connectivity index (χ4v) is 2.27. The molecule has 18 heavy (non-hydrogen) atoms. The van der Waals surface area contributed by atoms with Crippen LogP contribution in [0.5, 0.6) is 0 Å². The summed E-state index contributed by atoms with van der Waals surface area (Å²) in [7, 11) is 0. The zero-order chi connectivity index (χ0) is 13.5. The fraction of sp³-hybridized carbons (Fsp3) is 0.333. The second-order valence-corrected chi connectivity index (χ2v) is 5.24. The lowest BCUT2D eigenvalue weighted by Gasteiger charge is -2.07. The summed E-state index contributed by atoms with van der Waals surface area (Å²) in [5, 5.41) is 2.78. The molecule has 0 saturated heterocycles. The molecular weight excluding hydrogens is 316 g/mol. The van der Waals surface area contributed by atoms with Crippen LogP contribution in [0.1, 0.15) is 29.6 Å². The smallest absolute Gasteiger partial charge is 0.252 e. The van der Waals surface area contributed by atoms with Gasteiger partial charge in [0.2, 0.25) is 5.91 Å². The van der Waals surface area contributed by atoms with E-state index in [9.17, 15) is 9.59 Å². The molecule has 0 aliphatic carbocycles. The van der Waals surface area contributed by atoms with Gasteiger partial charge in [0, 0.05) is 22.3 Å². The van der Waals surface area contributed by atoms with E-state index in [1.165, 1.54) is 0 Å². The Bertz CT molecular complexity index is 452. The predicted molar refractivity (Wildman–Crippen MR) is 76.8 cm³/mol. The van der Waals surface area contributed by atoms with Crippen molar-refractivity contribution in [1.82, 2.24) is 5.32 Å². The summed E-state index contributed by atoms with van der Waals surface area (Å²) in [6.07, 6.45) is 1.77. The van der Waals surface area contributed by atoms with Crippen molar-refractivity contribution in [2.45, 2.75) is 24.2 Å². The maximum Gasteiger partial charge on any atom is 0.252 e. The molecule has 0 spiro atoms. The summed E-state index contributed by atoms with van der Waals surface area (Å²) < 4.78 is 0.880. The molecule has 0 aromatic heterocycles. The van der Waals surface area contributed by atoms with E-state index in [0.29, 0.717) is 29.8 Å². The lowest BCUT2D eigenvalue weighted by Crippen LogP contribution is -2.25. The molecule has 1 aromatic carbocycles. The van der Waals surface area contributed by atoms with Crippen LogP contribution in [-0.4, -0.2) is 18.4 Å². The van der Waals surface area contributed by atoms with E-state index in [-0.39, 0.29) is 11.8 Å². The molecule has 6 heteroatoms. The summed E-state index contributed by atoms with van der Waals surface area (Å²) in [5.74, 6) is -0.474. The topological polar surface area (TPSA) is 72.2 Å². The van der Waals surface area contributed by atoms with E-state index in [1.807, 2.05) is 0 Å². The van der Waals surface area contributed by atoms with Gasteiger partial charge in [-0.15, -0.1) is 12.6 Å². The SMILES string of the molecule is NC(=O)CCCCNC(=O)c1ccc(Br)cc1S. The van der Waals surface area contributed by atoms with Gasteiger partial charge in [0.05, 0.1) is 5.56 Å². The molecule has 2 amide bonds. The zero-order valence-electron chi connectivity index (χ0n) is 9.78. The second-order valence-electron chi connectivity index (χ2n) is 3.84. The van der Waals surface area contributed by atoms with E-state index < -0.39 is 0 Å². The number of nitrogens with one attached hydrogen (secondary N) is 1. The number of carbonyl (C=O) groups is 2. The highest BCUT2D eigenvalue weighted by Crippen LogP contribution is 2.19. The van der Waals surface area contributed by atoms with Crippen LogP contribution < -0.4 is 11.1 Å². The minimum absolute atomic E-state index is 0.161. The van der Waals surface area contributed by atoms with Gasteiger partial charge in [0.1, 0.15) is 0 Å². The third kappa shape index (κ3) is 5.10. The normalized spacial score (nSPS) is 10.1. The van der Waals surface area contributed by atoms with E-state index in [1.54, 1.807) is 18.2 Å².